The van der Waals surface area contributed by atoms with Gasteiger partial charge in [-0.3, -0.25) is 9.79 Å². The summed E-state index contributed by atoms with van der Waals surface area (Å²) in [6.07, 6.45) is 2.25. The number of hydrogen-bond acceptors (Lipinski definition) is 2. The molecule has 1 aliphatic carbocycles. The first-order valence-electron chi connectivity index (χ1n) is 7.01. The Balaban J connectivity index is 2.17. The Kier molecular flexibility index (Phi) is 5.07. The molecule has 21 heavy (non-hydrogen) atoms. The third-order valence-electron chi connectivity index (χ3n) is 4.11. The van der Waals surface area contributed by atoms with E-state index in [1.807, 2.05) is 12.1 Å². The van der Waals surface area contributed by atoms with E-state index in [1.165, 1.54) is 0 Å². The summed E-state index contributed by atoms with van der Waals surface area (Å²) >= 11 is 5.90. The first-order valence-corrected chi connectivity index (χ1v) is 7.39. The van der Waals surface area contributed by atoms with Crippen LogP contribution in [0.15, 0.2) is 29.3 Å². The van der Waals surface area contributed by atoms with Gasteiger partial charge in [-0.15, -0.1) is 0 Å². The zero-order valence-electron chi connectivity index (χ0n) is 11.7. The average Bonchev–Trinajstić information content (AvgIpc) is 2.45. The number of aliphatic carboxylic acids is 1. The van der Waals surface area contributed by atoms with Crippen LogP contribution < -0.4 is 11.5 Å². The first-order chi connectivity index (χ1) is 9.97. The molecule has 3 atom stereocenters. The van der Waals surface area contributed by atoms with Crippen molar-refractivity contribution in [1.82, 2.24) is 0 Å². The van der Waals surface area contributed by atoms with Crippen LogP contribution in [0.5, 0.6) is 0 Å². The van der Waals surface area contributed by atoms with Crippen LogP contribution in [0.25, 0.3) is 0 Å². The molecule has 3 unspecified atom stereocenters. The number of carboxylic acid groups (broad SMARTS) is 1. The second kappa shape index (κ2) is 6.80. The highest BCUT2D eigenvalue weighted by molar-refractivity contribution is 6.30. The number of carboxylic acids is 1. The lowest BCUT2D eigenvalue weighted by Crippen LogP contribution is -2.31. The van der Waals surface area contributed by atoms with Crippen LogP contribution in [0.1, 0.15) is 30.7 Å². The maximum absolute atomic E-state index is 11.5. The summed E-state index contributed by atoms with van der Waals surface area (Å²) < 4.78 is 0. The molecule has 0 amide bonds. The fourth-order valence-electron chi connectivity index (χ4n) is 3.03. The summed E-state index contributed by atoms with van der Waals surface area (Å²) in [5, 5.41) is 10.1. The maximum atomic E-state index is 11.5. The highest BCUT2D eigenvalue weighted by Gasteiger charge is 2.35. The molecule has 2 rings (SSSR count). The summed E-state index contributed by atoms with van der Waals surface area (Å²) in [5.41, 5.74) is 11.7. The Morgan fingerprint density at radius 2 is 1.95 bits per heavy atom. The molecule has 1 fully saturated rings. The molecule has 0 spiro atoms. The quantitative estimate of drug-likeness (QED) is 0.586. The monoisotopic (exact) mass is 309 g/mol. The predicted molar refractivity (Wildman–Crippen MR) is 83.3 cm³/mol. The molecule has 0 radical (unpaired) electrons. The van der Waals surface area contributed by atoms with Gasteiger partial charge in [-0.2, -0.15) is 0 Å². The number of halogens is 1. The van der Waals surface area contributed by atoms with Gasteiger partial charge >= 0.3 is 5.97 Å². The SMILES string of the molecule is NC(N)=NCC1CCC(C(=O)O)C(c2ccc(Cl)cc2)C1. The number of nitrogens with zero attached hydrogens (tertiary/aromatic N) is 1. The number of hydrogen-bond donors (Lipinski definition) is 3. The van der Waals surface area contributed by atoms with Crippen molar-refractivity contribution in [3.05, 3.63) is 34.9 Å². The van der Waals surface area contributed by atoms with E-state index in [-0.39, 0.29) is 17.8 Å². The van der Waals surface area contributed by atoms with Gasteiger partial charge in [-0.25, -0.2) is 0 Å². The highest BCUT2D eigenvalue weighted by Crippen LogP contribution is 2.41. The van der Waals surface area contributed by atoms with Crippen molar-refractivity contribution >= 4 is 23.5 Å². The van der Waals surface area contributed by atoms with Gasteiger partial charge in [0.2, 0.25) is 0 Å². The summed E-state index contributed by atoms with van der Waals surface area (Å²) in [5.74, 6) is -0.730. The van der Waals surface area contributed by atoms with Crippen LogP contribution in [-0.4, -0.2) is 23.6 Å². The molecule has 0 aromatic heterocycles. The van der Waals surface area contributed by atoms with Crippen molar-refractivity contribution in [3.8, 4) is 0 Å². The minimum absolute atomic E-state index is 0.0206. The zero-order valence-corrected chi connectivity index (χ0v) is 12.5. The lowest BCUT2D eigenvalue weighted by molar-refractivity contribution is -0.143. The molecule has 114 valence electrons. The largest absolute Gasteiger partial charge is 0.481 e. The van der Waals surface area contributed by atoms with Crippen molar-refractivity contribution in [2.45, 2.75) is 25.2 Å². The highest BCUT2D eigenvalue weighted by atomic mass is 35.5. The van der Waals surface area contributed by atoms with Crippen molar-refractivity contribution < 1.29 is 9.90 Å². The molecular weight excluding hydrogens is 290 g/mol. The lowest BCUT2D eigenvalue weighted by atomic mass is 9.71. The minimum Gasteiger partial charge on any atom is -0.481 e. The number of carbonyl (C=O) groups is 1. The van der Waals surface area contributed by atoms with Crippen LogP contribution in [0.4, 0.5) is 0 Å². The van der Waals surface area contributed by atoms with E-state index in [0.717, 1.165) is 18.4 Å². The fraction of sp³-hybridized carbons (Fsp3) is 0.467. The molecule has 1 saturated carbocycles. The van der Waals surface area contributed by atoms with Gasteiger partial charge < -0.3 is 16.6 Å². The van der Waals surface area contributed by atoms with Crippen LogP contribution in [-0.2, 0) is 4.79 Å². The van der Waals surface area contributed by atoms with Crippen molar-refractivity contribution in [2.75, 3.05) is 6.54 Å². The molecular formula is C15H20ClN3O2. The molecule has 0 heterocycles. The molecule has 1 aliphatic rings. The Bertz CT molecular complexity index is 526. The van der Waals surface area contributed by atoms with Gasteiger partial charge in [-0.05, 0) is 48.8 Å². The summed E-state index contributed by atoms with van der Waals surface area (Å²) in [6, 6.07) is 7.42. The molecule has 6 heteroatoms. The third kappa shape index (κ3) is 4.11. The van der Waals surface area contributed by atoms with Crippen molar-refractivity contribution in [1.29, 1.82) is 0 Å². The van der Waals surface area contributed by atoms with Gasteiger partial charge in [0.25, 0.3) is 0 Å². The van der Waals surface area contributed by atoms with E-state index in [2.05, 4.69) is 4.99 Å². The summed E-state index contributed by atoms with van der Waals surface area (Å²) in [4.78, 5) is 15.5. The molecule has 0 aliphatic heterocycles. The normalized spacial score (nSPS) is 25.3. The molecule has 1 aromatic rings. The number of aliphatic imine (C=N–C) groups is 1. The van der Waals surface area contributed by atoms with Crippen LogP contribution in [0.3, 0.4) is 0 Å². The maximum Gasteiger partial charge on any atom is 0.307 e. The molecule has 0 saturated heterocycles. The molecule has 5 N–H and O–H groups in total. The third-order valence-corrected chi connectivity index (χ3v) is 4.36. The fourth-order valence-corrected chi connectivity index (χ4v) is 3.16. The summed E-state index contributed by atoms with van der Waals surface area (Å²) in [6.45, 7) is 0.554. The Morgan fingerprint density at radius 1 is 1.29 bits per heavy atom. The molecule has 1 aromatic carbocycles. The van der Waals surface area contributed by atoms with E-state index < -0.39 is 5.97 Å². The topological polar surface area (TPSA) is 102 Å². The van der Waals surface area contributed by atoms with E-state index in [0.29, 0.717) is 23.9 Å². The van der Waals surface area contributed by atoms with E-state index in [9.17, 15) is 9.90 Å². The number of guanidine groups is 1. The molecule has 0 bridgehead atoms. The van der Waals surface area contributed by atoms with Gasteiger partial charge in [-0.1, -0.05) is 23.7 Å². The van der Waals surface area contributed by atoms with Crippen LogP contribution >= 0.6 is 11.6 Å². The number of benzene rings is 1. The van der Waals surface area contributed by atoms with Crippen molar-refractivity contribution in [3.63, 3.8) is 0 Å². The second-order valence-corrected chi connectivity index (χ2v) is 5.98. The number of rotatable bonds is 4. The van der Waals surface area contributed by atoms with Crippen LogP contribution in [0.2, 0.25) is 5.02 Å². The molecule has 5 nitrogen and oxygen atoms in total. The van der Waals surface area contributed by atoms with Crippen molar-refractivity contribution in [2.24, 2.45) is 28.3 Å². The van der Waals surface area contributed by atoms with E-state index >= 15 is 0 Å². The Morgan fingerprint density at radius 3 is 2.52 bits per heavy atom. The number of nitrogens with two attached hydrogens (primary N) is 2. The zero-order chi connectivity index (χ0) is 15.4. The smallest absolute Gasteiger partial charge is 0.307 e. The Hall–Kier alpha value is -1.75. The second-order valence-electron chi connectivity index (χ2n) is 5.55. The predicted octanol–water partition coefficient (Wildman–Crippen LogP) is 2.20. The van der Waals surface area contributed by atoms with Crippen LogP contribution in [0, 0.1) is 11.8 Å². The Labute approximate surface area is 129 Å². The van der Waals surface area contributed by atoms with E-state index in [1.54, 1.807) is 12.1 Å². The van der Waals surface area contributed by atoms with Gasteiger partial charge in [0.1, 0.15) is 0 Å². The van der Waals surface area contributed by atoms with Gasteiger partial charge in [0, 0.05) is 11.6 Å². The standard InChI is InChI=1S/C15H20ClN3O2/c16-11-4-2-10(3-5-11)13-7-9(8-19-15(17)18)1-6-12(13)14(20)21/h2-5,9,12-13H,1,6-8H2,(H,20,21)(H4,17,18,19). The summed E-state index contributed by atoms with van der Waals surface area (Å²) in [7, 11) is 0. The van der Waals surface area contributed by atoms with Gasteiger partial charge in [0.05, 0.1) is 5.92 Å². The first kappa shape index (κ1) is 15.6. The minimum atomic E-state index is -0.741. The van der Waals surface area contributed by atoms with Gasteiger partial charge in [0.15, 0.2) is 5.96 Å². The average molecular weight is 310 g/mol. The van der Waals surface area contributed by atoms with E-state index in [4.69, 9.17) is 23.1 Å². The lowest BCUT2D eigenvalue weighted by Gasteiger charge is -2.33.